The van der Waals surface area contributed by atoms with Gasteiger partial charge in [0, 0.05) is 6.07 Å². The van der Waals surface area contributed by atoms with Gasteiger partial charge in [0.25, 0.3) is 10.0 Å². The molecule has 0 saturated carbocycles. The summed E-state index contributed by atoms with van der Waals surface area (Å²) in [5.74, 6) is -0.727. The minimum absolute atomic E-state index is 0.0318. The standard InChI is InChI=1S/C25H26ClFN2O5S/c1-16-5-7-18(8-6-16)17(2)28-25(30)15-29(19-9-11-22(27)21(26)13-19)35(31,32)20-10-12-23(33-3)24(14-20)34-4/h5-14,17H,15H2,1-4H3,(H,28,30). The number of nitrogens with one attached hydrogen (secondary N) is 1. The van der Waals surface area contributed by atoms with Crippen LogP contribution in [0.1, 0.15) is 24.1 Å². The van der Waals surface area contributed by atoms with E-state index in [1.807, 2.05) is 31.2 Å². The molecule has 0 heterocycles. The van der Waals surface area contributed by atoms with Crippen molar-refractivity contribution < 1.29 is 27.1 Å². The van der Waals surface area contributed by atoms with E-state index < -0.39 is 28.3 Å². The molecule has 0 aliphatic heterocycles. The average Bonchev–Trinajstić information content (AvgIpc) is 2.84. The van der Waals surface area contributed by atoms with Crippen LogP contribution in [-0.2, 0) is 14.8 Å². The van der Waals surface area contributed by atoms with E-state index in [4.69, 9.17) is 21.1 Å². The number of amides is 1. The summed E-state index contributed by atoms with van der Waals surface area (Å²) in [6, 6.07) is 14.8. The van der Waals surface area contributed by atoms with Gasteiger partial charge in [-0.1, -0.05) is 41.4 Å². The molecular formula is C25H26ClFN2O5S. The lowest BCUT2D eigenvalue weighted by Crippen LogP contribution is -2.41. The number of sulfonamides is 1. The molecule has 1 amide bonds. The summed E-state index contributed by atoms with van der Waals surface area (Å²) in [5.41, 5.74) is 1.97. The Balaban J connectivity index is 1.97. The Bertz CT molecular complexity index is 1320. The van der Waals surface area contributed by atoms with Gasteiger partial charge < -0.3 is 14.8 Å². The second kappa shape index (κ2) is 11.0. The lowest BCUT2D eigenvalue weighted by Gasteiger charge is -2.25. The van der Waals surface area contributed by atoms with E-state index >= 15 is 0 Å². The molecule has 1 unspecified atom stereocenters. The van der Waals surface area contributed by atoms with Gasteiger partial charge in [0.2, 0.25) is 5.91 Å². The van der Waals surface area contributed by atoms with Crippen molar-refractivity contribution in [2.24, 2.45) is 0 Å². The van der Waals surface area contributed by atoms with Crippen molar-refractivity contribution in [1.29, 1.82) is 0 Å². The lowest BCUT2D eigenvalue weighted by atomic mass is 10.1. The number of carbonyl (C=O) groups excluding carboxylic acids is 1. The van der Waals surface area contributed by atoms with Crippen LogP contribution in [-0.4, -0.2) is 35.1 Å². The first kappa shape index (κ1) is 26.3. The lowest BCUT2D eigenvalue weighted by molar-refractivity contribution is -0.120. The fraction of sp³-hybridized carbons (Fsp3) is 0.240. The van der Waals surface area contributed by atoms with E-state index in [0.717, 1.165) is 27.6 Å². The van der Waals surface area contributed by atoms with Crippen LogP contribution >= 0.6 is 11.6 Å². The Morgan fingerprint density at radius 2 is 1.69 bits per heavy atom. The quantitative estimate of drug-likeness (QED) is 0.435. The van der Waals surface area contributed by atoms with Crippen LogP contribution in [0.15, 0.2) is 65.6 Å². The van der Waals surface area contributed by atoms with Crippen LogP contribution in [0.3, 0.4) is 0 Å². The zero-order chi connectivity index (χ0) is 25.8. The number of hydrogen-bond acceptors (Lipinski definition) is 5. The van der Waals surface area contributed by atoms with Crippen molar-refractivity contribution in [3.05, 3.63) is 82.6 Å². The molecule has 1 N–H and O–H groups in total. The van der Waals surface area contributed by atoms with Gasteiger partial charge in [-0.25, -0.2) is 12.8 Å². The van der Waals surface area contributed by atoms with Gasteiger partial charge in [0.15, 0.2) is 11.5 Å². The van der Waals surface area contributed by atoms with Crippen molar-refractivity contribution in [3.63, 3.8) is 0 Å². The Labute approximate surface area is 209 Å². The van der Waals surface area contributed by atoms with E-state index in [2.05, 4.69) is 5.32 Å². The van der Waals surface area contributed by atoms with Gasteiger partial charge in [0.05, 0.1) is 35.9 Å². The third-order valence-corrected chi connectivity index (χ3v) is 7.44. The third-order valence-electron chi connectivity index (χ3n) is 5.38. The van der Waals surface area contributed by atoms with E-state index in [0.29, 0.717) is 5.75 Å². The van der Waals surface area contributed by atoms with E-state index in [1.165, 1.54) is 38.5 Å². The molecule has 35 heavy (non-hydrogen) atoms. The first-order chi connectivity index (χ1) is 16.6. The number of anilines is 1. The Morgan fingerprint density at radius 3 is 2.29 bits per heavy atom. The van der Waals surface area contributed by atoms with E-state index in [1.54, 1.807) is 6.92 Å². The molecule has 0 radical (unpaired) electrons. The van der Waals surface area contributed by atoms with Crippen molar-refractivity contribution in [3.8, 4) is 11.5 Å². The molecule has 0 aliphatic carbocycles. The largest absolute Gasteiger partial charge is 0.493 e. The Kier molecular flexibility index (Phi) is 8.24. The molecule has 186 valence electrons. The van der Waals surface area contributed by atoms with Crippen LogP contribution in [0.4, 0.5) is 10.1 Å². The number of ether oxygens (including phenoxy) is 2. The van der Waals surface area contributed by atoms with Gasteiger partial charge >= 0.3 is 0 Å². The highest BCUT2D eigenvalue weighted by Crippen LogP contribution is 2.33. The van der Waals surface area contributed by atoms with Gasteiger partial charge in [-0.2, -0.15) is 0 Å². The molecule has 0 spiro atoms. The fourth-order valence-corrected chi connectivity index (χ4v) is 5.02. The monoisotopic (exact) mass is 520 g/mol. The molecule has 10 heteroatoms. The van der Waals surface area contributed by atoms with Crippen molar-refractivity contribution in [2.75, 3.05) is 25.1 Å². The third kappa shape index (κ3) is 6.04. The second-order valence-electron chi connectivity index (χ2n) is 7.83. The minimum Gasteiger partial charge on any atom is -0.493 e. The van der Waals surface area contributed by atoms with Gasteiger partial charge in [-0.3, -0.25) is 9.10 Å². The molecule has 3 aromatic rings. The van der Waals surface area contributed by atoms with Gasteiger partial charge in [-0.15, -0.1) is 0 Å². The number of carbonyl (C=O) groups is 1. The SMILES string of the molecule is COc1ccc(S(=O)(=O)N(CC(=O)NC(C)c2ccc(C)cc2)c2ccc(F)c(Cl)c2)cc1OC. The van der Waals surface area contributed by atoms with E-state index in [9.17, 15) is 17.6 Å². The van der Waals surface area contributed by atoms with Crippen LogP contribution in [0.5, 0.6) is 11.5 Å². The van der Waals surface area contributed by atoms with Crippen molar-refractivity contribution >= 4 is 33.2 Å². The summed E-state index contributed by atoms with van der Waals surface area (Å²) in [4.78, 5) is 12.8. The smallest absolute Gasteiger partial charge is 0.264 e. The maximum absolute atomic E-state index is 13.8. The minimum atomic E-state index is -4.29. The van der Waals surface area contributed by atoms with E-state index in [-0.39, 0.29) is 27.4 Å². The number of aryl methyl sites for hydroxylation is 1. The van der Waals surface area contributed by atoms with Crippen LogP contribution < -0.4 is 19.1 Å². The summed E-state index contributed by atoms with van der Waals surface area (Å²) in [5, 5.41) is 2.53. The molecule has 0 fully saturated rings. The number of halogens is 2. The zero-order valence-corrected chi connectivity index (χ0v) is 21.3. The van der Waals surface area contributed by atoms with Gasteiger partial charge in [-0.05, 0) is 49.7 Å². The number of benzene rings is 3. The number of hydrogen-bond donors (Lipinski definition) is 1. The molecule has 0 aliphatic rings. The highest BCUT2D eigenvalue weighted by molar-refractivity contribution is 7.92. The summed E-state index contributed by atoms with van der Waals surface area (Å²) in [6.07, 6.45) is 0. The van der Waals surface area contributed by atoms with Crippen molar-refractivity contribution in [1.82, 2.24) is 5.32 Å². The summed E-state index contributed by atoms with van der Waals surface area (Å²) in [7, 11) is -1.48. The van der Waals surface area contributed by atoms with Gasteiger partial charge in [0.1, 0.15) is 12.4 Å². The molecule has 7 nitrogen and oxygen atoms in total. The number of nitrogens with zero attached hydrogens (tertiary/aromatic N) is 1. The highest BCUT2D eigenvalue weighted by Gasteiger charge is 2.29. The molecule has 0 saturated heterocycles. The molecular weight excluding hydrogens is 495 g/mol. The molecule has 3 aromatic carbocycles. The molecule has 1 atom stereocenters. The Morgan fingerprint density at radius 1 is 1.03 bits per heavy atom. The fourth-order valence-electron chi connectivity index (χ4n) is 3.42. The molecule has 0 bridgehead atoms. The summed E-state index contributed by atoms with van der Waals surface area (Å²) < 4.78 is 52.4. The van der Waals surface area contributed by atoms with Crippen LogP contribution in [0.2, 0.25) is 5.02 Å². The number of methoxy groups -OCH3 is 2. The predicted molar refractivity (Wildman–Crippen MR) is 133 cm³/mol. The van der Waals surface area contributed by atoms with Crippen molar-refractivity contribution in [2.45, 2.75) is 24.8 Å². The van der Waals surface area contributed by atoms with Crippen LogP contribution in [0.25, 0.3) is 0 Å². The topological polar surface area (TPSA) is 84.9 Å². The maximum atomic E-state index is 13.8. The molecule has 0 aromatic heterocycles. The first-order valence-corrected chi connectivity index (χ1v) is 12.4. The van der Waals surface area contributed by atoms with Crippen LogP contribution in [0, 0.1) is 12.7 Å². The zero-order valence-electron chi connectivity index (χ0n) is 19.7. The first-order valence-electron chi connectivity index (χ1n) is 10.6. The summed E-state index contributed by atoms with van der Waals surface area (Å²) >= 11 is 5.92. The normalized spacial score (nSPS) is 12.1. The number of rotatable bonds is 9. The predicted octanol–water partition coefficient (Wildman–Crippen LogP) is 4.88. The maximum Gasteiger partial charge on any atom is 0.264 e. The highest BCUT2D eigenvalue weighted by atomic mass is 35.5. The Hall–Kier alpha value is -3.30. The molecule has 3 rings (SSSR count). The average molecular weight is 521 g/mol. The second-order valence-corrected chi connectivity index (χ2v) is 10.1. The summed E-state index contributed by atoms with van der Waals surface area (Å²) in [6.45, 7) is 3.19.